The van der Waals surface area contributed by atoms with E-state index in [2.05, 4.69) is 105 Å². The first kappa shape index (κ1) is 48.7. The topological polar surface area (TPSA) is 58.6 Å². The van der Waals surface area contributed by atoms with E-state index in [0.29, 0.717) is 6.42 Å². The molecule has 0 aromatic heterocycles. The highest BCUT2D eigenvalue weighted by Crippen LogP contribution is 2.31. The molecule has 50 heavy (non-hydrogen) atoms. The van der Waals surface area contributed by atoms with E-state index < -0.39 is 56.3 Å². The number of rotatable bonds is 10. The van der Waals surface area contributed by atoms with Gasteiger partial charge in [-0.05, 0) is 103 Å². The first-order chi connectivity index (χ1) is 23.4. The quantitative estimate of drug-likeness (QED) is 0.176. The molecular formula is C30H27B16NO3. The maximum absolute atomic E-state index is 11.3. The van der Waals surface area contributed by atoms with Crippen molar-refractivity contribution in [2.45, 2.75) is 58.0 Å². The third kappa shape index (κ3) is 20.9. The van der Waals surface area contributed by atoms with Gasteiger partial charge >= 0.3 is 0 Å². The molecule has 1 amide bonds. The predicted molar refractivity (Wildman–Crippen MR) is 224 cm³/mol. The van der Waals surface area contributed by atoms with E-state index in [9.17, 15) is 9.90 Å². The maximum Gasteiger partial charge on any atom is 0.217 e. The van der Waals surface area contributed by atoms with Crippen LogP contribution in [0.25, 0.3) is 0 Å². The number of aliphatic hydroxyl groups is 1. The third-order valence-electron chi connectivity index (χ3n) is 6.55. The summed E-state index contributed by atoms with van der Waals surface area (Å²) in [5.41, 5.74) is 34.3. The van der Waals surface area contributed by atoms with E-state index in [4.69, 9.17) is 74.4 Å². The molecule has 0 spiro atoms. The van der Waals surface area contributed by atoms with Crippen LogP contribution in [-0.2, 0) is 9.53 Å². The molecule has 0 saturated carbocycles. The Labute approximate surface area is 314 Å². The summed E-state index contributed by atoms with van der Waals surface area (Å²) >= 11 is 0. The van der Waals surface area contributed by atoms with Gasteiger partial charge in [-0.15, -0.1) is 6.58 Å². The molecule has 1 rings (SSSR count). The van der Waals surface area contributed by atoms with Gasteiger partial charge in [-0.1, -0.05) is 29.2 Å². The molecule has 1 aliphatic rings. The molecule has 0 aromatic carbocycles. The van der Waals surface area contributed by atoms with Crippen molar-refractivity contribution >= 4 is 120 Å². The van der Waals surface area contributed by atoms with Gasteiger partial charge in [0.15, 0.2) is 0 Å². The zero-order valence-corrected chi connectivity index (χ0v) is 29.2. The highest BCUT2D eigenvalue weighted by Gasteiger charge is 2.43. The van der Waals surface area contributed by atoms with E-state index in [0.717, 1.165) is 5.57 Å². The molecule has 0 bridgehead atoms. The van der Waals surface area contributed by atoms with Crippen LogP contribution in [0.4, 0.5) is 0 Å². The third-order valence-corrected chi connectivity index (χ3v) is 6.55. The minimum atomic E-state index is -1.16. The van der Waals surface area contributed by atoms with E-state index in [1.807, 2.05) is 26.8 Å². The summed E-state index contributed by atoms with van der Waals surface area (Å²) < 4.78 is 5.77. The van der Waals surface area contributed by atoms with Crippen molar-refractivity contribution in [2.24, 2.45) is 0 Å². The summed E-state index contributed by atoms with van der Waals surface area (Å²) in [6.07, 6.45) is -1.45. The van der Waals surface area contributed by atoms with Crippen LogP contribution in [0.3, 0.4) is 0 Å². The Bertz CT molecular complexity index is 1630. The maximum atomic E-state index is 11.3. The SMILES string of the molecule is C=C=C=C=C=C=C=C=C=C=C=C=C=C=C=C.C=C[C@@]1(O)CC(C)=C[C@@H](OC(C)C)[C@@H]1NC(C)=O.[B]B([B])B([B])B(B([B])[B])B(B([B])[B])B([B])[B]. The van der Waals surface area contributed by atoms with Gasteiger partial charge in [-0.25, -0.2) is 0 Å². The molecule has 0 heterocycles. The Kier molecular flexibility index (Phi) is 26.6. The average molecular weight is 623 g/mol. The van der Waals surface area contributed by atoms with Crippen molar-refractivity contribution in [1.29, 1.82) is 0 Å². The smallest absolute Gasteiger partial charge is 0.217 e. The van der Waals surface area contributed by atoms with Gasteiger partial charge in [-0.3, -0.25) is 4.79 Å². The lowest BCUT2D eigenvalue weighted by Gasteiger charge is -2.42. The van der Waals surface area contributed by atoms with E-state index >= 15 is 0 Å². The zero-order chi connectivity index (χ0) is 38.9. The van der Waals surface area contributed by atoms with E-state index in [-0.39, 0.29) is 18.1 Å². The van der Waals surface area contributed by atoms with E-state index in [1.54, 1.807) is 0 Å². The molecule has 2 N–H and O–H groups in total. The van der Waals surface area contributed by atoms with Gasteiger partial charge in [0.2, 0.25) is 5.91 Å². The summed E-state index contributed by atoms with van der Waals surface area (Å²) in [7, 11) is 50.4. The first-order valence-electron chi connectivity index (χ1n) is 15.2. The Morgan fingerprint density at radius 1 is 0.820 bits per heavy atom. The molecule has 20 heteroatoms. The number of hydrogen-bond donors (Lipinski definition) is 2. The molecule has 18 radical (unpaired) electrons. The van der Waals surface area contributed by atoms with Crippen LogP contribution in [0.2, 0.25) is 0 Å². The first-order valence-corrected chi connectivity index (χ1v) is 15.2. The lowest BCUT2D eigenvalue weighted by Crippen LogP contribution is -2.75. The van der Waals surface area contributed by atoms with Gasteiger partial charge in [0.1, 0.15) is 5.60 Å². The fourth-order valence-electron chi connectivity index (χ4n) is 4.53. The summed E-state index contributed by atoms with van der Waals surface area (Å²) in [6.45, 7) is 17.5. The van der Waals surface area contributed by atoms with E-state index in [1.165, 1.54) is 13.0 Å². The van der Waals surface area contributed by atoms with Crippen molar-refractivity contribution in [3.05, 3.63) is 118 Å². The number of hydrogen-bond acceptors (Lipinski definition) is 3. The predicted octanol–water partition coefficient (Wildman–Crippen LogP) is -1.57. The van der Waals surface area contributed by atoms with Gasteiger partial charge in [0.05, 0.1) is 18.2 Å². The van der Waals surface area contributed by atoms with Gasteiger partial charge < -0.3 is 15.2 Å². The molecule has 0 aliphatic heterocycles. The zero-order valence-electron chi connectivity index (χ0n) is 29.2. The van der Waals surface area contributed by atoms with Gasteiger partial charge in [0, 0.05) is 128 Å². The monoisotopic (exact) mass is 625 g/mol. The van der Waals surface area contributed by atoms with Crippen molar-refractivity contribution in [3.63, 3.8) is 0 Å². The number of carbonyl (C=O) groups is 1. The fourth-order valence-corrected chi connectivity index (χ4v) is 4.53. The van der Waals surface area contributed by atoms with Crippen LogP contribution in [0.5, 0.6) is 0 Å². The number of carbonyl (C=O) groups excluding carboxylic acids is 1. The molecule has 4 nitrogen and oxygen atoms in total. The number of amides is 1. The summed E-state index contributed by atoms with van der Waals surface area (Å²) in [5, 5.41) is 13.4. The van der Waals surface area contributed by atoms with Crippen LogP contribution in [0, 0.1) is 0 Å². The summed E-state index contributed by atoms with van der Waals surface area (Å²) in [5.74, 6) is -0.189. The Hall–Kier alpha value is -3.43. The number of ether oxygens (including phenoxy) is 1. The lowest BCUT2D eigenvalue weighted by atomic mass is 8.44. The van der Waals surface area contributed by atoms with Crippen LogP contribution in [-0.4, -0.2) is 149 Å². The second kappa shape index (κ2) is 27.3. The van der Waals surface area contributed by atoms with Gasteiger partial charge in [-0.2, -0.15) is 0 Å². The molecular weight excluding hydrogens is 595 g/mol. The molecule has 0 unspecified atom stereocenters. The van der Waals surface area contributed by atoms with Crippen LogP contribution < -0.4 is 5.32 Å². The Morgan fingerprint density at radius 3 is 1.48 bits per heavy atom. The normalized spacial score (nSPS) is 15.6. The molecule has 0 fully saturated rings. The largest absolute Gasteiger partial charge is 0.383 e. The highest BCUT2D eigenvalue weighted by molar-refractivity contribution is 8.13. The second-order valence-corrected chi connectivity index (χ2v) is 11.1. The van der Waals surface area contributed by atoms with Crippen molar-refractivity contribution in [3.8, 4) is 0 Å². The molecule has 1 aliphatic carbocycles. The minimum absolute atomic E-state index is 0.0162. The Balaban J connectivity index is 0. The van der Waals surface area contributed by atoms with Crippen LogP contribution in [0.15, 0.2) is 118 Å². The minimum Gasteiger partial charge on any atom is -0.383 e. The Morgan fingerprint density at radius 2 is 1.20 bits per heavy atom. The highest BCUT2D eigenvalue weighted by atomic mass is 16.5. The molecule has 218 valence electrons. The molecule has 3 atom stereocenters. The lowest BCUT2D eigenvalue weighted by molar-refractivity contribution is -0.125. The van der Waals surface area contributed by atoms with Gasteiger partial charge in [0.25, 0.3) is 0 Å². The molecule has 0 aromatic rings. The fraction of sp³-hybridized carbons (Fsp3) is 0.300. The summed E-state index contributed by atoms with van der Waals surface area (Å²) in [6, 6.07) is -0.501. The van der Waals surface area contributed by atoms with Crippen molar-refractivity contribution < 1.29 is 14.6 Å². The standard InChI is InChI=1S/C16H4.C14H23NO3.B16/c1-3-5-7-9-11-13-15-16-14-12-10-8-6-4-2;1-6-14(17)8-10(4)7-12(18-9(2)3)13(14)15-11(5)16;1-10(2)14(9)16(13(7)8)15(11(3)4)12(5)6/h1-2H2;6-7,9,12-13,17H,1,8H2,2-5H3,(H,15,16);/t;12-,13+,14-;/m.1./s1. The second-order valence-electron chi connectivity index (χ2n) is 11.1. The number of nitrogens with one attached hydrogen (secondary N) is 1. The van der Waals surface area contributed by atoms with Crippen LogP contribution >= 0.6 is 0 Å². The average Bonchev–Trinajstić information content (AvgIpc) is 3.01. The van der Waals surface area contributed by atoms with Crippen molar-refractivity contribution in [2.75, 3.05) is 0 Å². The van der Waals surface area contributed by atoms with Crippen molar-refractivity contribution in [1.82, 2.24) is 5.32 Å². The summed E-state index contributed by atoms with van der Waals surface area (Å²) in [4.78, 5) is 11.3. The van der Waals surface area contributed by atoms with Crippen LogP contribution in [0.1, 0.15) is 34.1 Å². The molecule has 0 saturated heterocycles.